The lowest BCUT2D eigenvalue weighted by Gasteiger charge is -2.41. The zero-order chi connectivity index (χ0) is 9.35. The molecule has 0 spiro atoms. The van der Waals surface area contributed by atoms with Crippen LogP contribution >= 0.6 is 0 Å². The Hall–Kier alpha value is -0.150. The molecular weight excluding hydrogens is 155 g/mol. The Morgan fingerprint density at radius 3 is 2.33 bits per heavy atom. The summed E-state index contributed by atoms with van der Waals surface area (Å²) in [4.78, 5) is 2.12. The molecule has 0 bridgehead atoms. The number of alkyl halides is 1. The fourth-order valence-electron chi connectivity index (χ4n) is 1.62. The van der Waals surface area contributed by atoms with Crippen LogP contribution in [0.4, 0.5) is 4.39 Å². The van der Waals surface area contributed by atoms with Gasteiger partial charge in [-0.05, 0) is 27.2 Å². The SMILES string of the molecule is CC(C)(C)N1C[C@@H](N)C[C@H](F)C1. The largest absolute Gasteiger partial charge is 0.326 e. The van der Waals surface area contributed by atoms with Crippen molar-refractivity contribution in [3.05, 3.63) is 0 Å². The third-order valence-corrected chi connectivity index (χ3v) is 2.38. The van der Waals surface area contributed by atoms with Gasteiger partial charge >= 0.3 is 0 Å². The summed E-state index contributed by atoms with van der Waals surface area (Å²) in [5.41, 5.74) is 5.77. The Morgan fingerprint density at radius 2 is 1.92 bits per heavy atom. The second kappa shape index (κ2) is 3.30. The van der Waals surface area contributed by atoms with Crippen LogP contribution in [0.2, 0.25) is 0 Å². The van der Waals surface area contributed by atoms with Crippen LogP contribution in [-0.2, 0) is 0 Å². The summed E-state index contributed by atoms with van der Waals surface area (Å²) >= 11 is 0. The normalized spacial score (nSPS) is 33.8. The quantitative estimate of drug-likeness (QED) is 0.597. The highest BCUT2D eigenvalue weighted by molar-refractivity contribution is 4.87. The fourth-order valence-corrected chi connectivity index (χ4v) is 1.62. The summed E-state index contributed by atoms with van der Waals surface area (Å²) in [7, 11) is 0. The Morgan fingerprint density at radius 1 is 1.33 bits per heavy atom. The van der Waals surface area contributed by atoms with E-state index in [1.807, 2.05) is 0 Å². The third-order valence-electron chi connectivity index (χ3n) is 2.38. The molecule has 2 atom stereocenters. The molecule has 0 aromatic heterocycles. The van der Waals surface area contributed by atoms with Gasteiger partial charge in [0.05, 0.1) is 0 Å². The van der Waals surface area contributed by atoms with Gasteiger partial charge in [0, 0.05) is 24.7 Å². The molecule has 72 valence electrons. The summed E-state index contributed by atoms with van der Waals surface area (Å²) in [5.74, 6) is 0. The first-order valence-electron chi connectivity index (χ1n) is 4.54. The maximum Gasteiger partial charge on any atom is 0.114 e. The average Bonchev–Trinajstić information content (AvgIpc) is 1.82. The highest BCUT2D eigenvalue weighted by Crippen LogP contribution is 2.20. The topological polar surface area (TPSA) is 29.3 Å². The molecular formula is C9H19FN2. The van der Waals surface area contributed by atoms with E-state index in [0.717, 1.165) is 6.54 Å². The molecule has 3 heteroatoms. The van der Waals surface area contributed by atoms with Gasteiger partial charge in [0.15, 0.2) is 0 Å². The number of halogens is 1. The van der Waals surface area contributed by atoms with E-state index in [-0.39, 0.29) is 11.6 Å². The standard InChI is InChI=1S/C9H19FN2/c1-9(2,3)12-5-7(10)4-8(11)6-12/h7-8H,4-6,11H2,1-3H3/t7-,8-/m0/s1. The van der Waals surface area contributed by atoms with Crippen LogP contribution in [0.15, 0.2) is 0 Å². The predicted molar refractivity (Wildman–Crippen MR) is 48.8 cm³/mol. The molecule has 2 nitrogen and oxygen atoms in total. The molecule has 0 aromatic rings. The molecule has 12 heavy (non-hydrogen) atoms. The molecule has 0 amide bonds. The summed E-state index contributed by atoms with van der Waals surface area (Å²) in [5, 5.41) is 0. The zero-order valence-corrected chi connectivity index (χ0v) is 8.18. The Kier molecular flexibility index (Phi) is 2.74. The summed E-state index contributed by atoms with van der Waals surface area (Å²) < 4.78 is 13.1. The molecule has 1 fully saturated rings. The van der Waals surface area contributed by atoms with Crippen LogP contribution in [0.1, 0.15) is 27.2 Å². The molecule has 1 saturated heterocycles. The van der Waals surface area contributed by atoms with E-state index in [1.54, 1.807) is 0 Å². The van der Waals surface area contributed by atoms with Gasteiger partial charge in [-0.25, -0.2) is 4.39 Å². The number of nitrogens with zero attached hydrogens (tertiary/aromatic N) is 1. The lowest BCUT2D eigenvalue weighted by Crippen LogP contribution is -2.54. The fraction of sp³-hybridized carbons (Fsp3) is 1.00. The van der Waals surface area contributed by atoms with Crippen molar-refractivity contribution in [1.29, 1.82) is 0 Å². The van der Waals surface area contributed by atoms with Crippen LogP contribution < -0.4 is 5.73 Å². The van der Waals surface area contributed by atoms with Crippen LogP contribution in [0.3, 0.4) is 0 Å². The molecule has 0 saturated carbocycles. The van der Waals surface area contributed by atoms with E-state index in [4.69, 9.17) is 5.73 Å². The minimum absolute atomic E-state index is 0.00738. The number of rotatable bonds is 0. The van der Waals surface area contributed by atoms with Gasteiger partial charge in [0.25, 0.3) is 0 Å². The highest BCUT2D eigenvalue weighted by atomic mass is 19.1. The lowest BCUT2D eigenvalue weighted by molar-refractivity contribution is 0.0521. The first-order chi connectivity index (χ1) is 5.39. The van der Waals surface area contributed by atoms with Crippen LogP contribution in [0.5, 0.6) is 0 Å². The van der Waals surface area contributed by atoms with E-state index < -0.39 is 6.17 Å². The van der Waals surface area contributed by atoms with Crippen molar-refractivity contribution >= 4 is 0 Å². The van der Waals surface area contributed by atoms with Gasteiger partial charge in [-0.15, -0.1) is 0 Å². The van der Waals surface area contributed by atoms with Crippen molar-refractivity contribution in [1.82, 2.24) is 4.90 Å². The van der Waals surface area contributed by atoms with Crippen molar-refractivity contribution in [2.24, 2.45) is 5.73 Å². The van der Waals surface area contributed by atoms with Crippen molar-refractivity contribution in [2.75, 3.05) is 13.1 Å². The van der Waals surface area contributed by atoms with E-state index in [0.29, 0.717) is 13.0 Å². The van der Waals surface area contributed by atoms with Crippen molar-refractivity contribution in [3.63, 3.8) is 0 Å². The number of piperidine rings is 1. The van der Waals surface area contributed by atoms with Gasteiger partial charge in [-0.2, -0.15) is 0 Å². The molecule has 0 aliphatic carbocycles. The molecule has 0 unspecified atom stereocenters. The van der Waals surface area contributed by atoms with Crippen LogP contribution in [-0.4, -0.2) is 35.7 Å². The minimum Gasteiger partial charge on any atom is -0.326 e. The second-order valence-electron chi connectivity index (χ2n) is 4.67. The molecule has 1 rings (SSSR count). The smallest absolute Gasteiger partial charge is 0.114 e. The highest BCUT2D eigenvalue weighted by Gasteiger charge is 2.31. The first-order valence-corrected chi connectivity index (χ1v) is 4.54. The predicted octanol–water partition coefficient (Wildman–Crippen LogP) is 1.16. The molecule has 2 N–H and O–H groups in total. The van der Waals surface area contributed by atoms with Crippen LogP contribution in [0, 0.1) is 0 Å². The molecule has 0 radical (unpaired) electrons. The van der Waals surface area contributed by atoms with E-state index in [9.17, 15) is 4.39 Å². The maximum atomic E-state index is 13.1. The number of hydrogen-bond donors (Lipinski definition) is 1. The van der Waals surface area contributed by atoms with Crippen LogP contribution in [0.25, 0.3) is 0 Å². The van der Waals surface area contributed by atoms with Crippen molar-refractivity contribution in [3.8, 4) is 0 Å². The maximum absolute atomic E-state index is 13.1. The Bertz CT molecular complexity index is 143. The third kappa shape index (κ3) is 2.42. The van der Waals surface area contributed by atoms with E-state index in [2.05, 4.69) is 25.7 Å². The summed E-state index contributed by atoms with van der Waals surface area (Å²) in [6.07, 6.45) is -0.222. The minimum atomic E-state index is -0.743. The number of likely N-dealkylation sites (tertiary alicyclic amines) is 1. The summed E-state index contributed by atoms with van der Waals surface area (Å²) in [6, 6.07) is 0.00738. The molecule has 1 aliphatic rings. The second-order valence-corrected chi connectivity index (χ2v) is 4.67. The van der Waals surface area contributed by atoms with Crippen molar-refractivity contribution < 1.29 is 4.39 Å². The van der Waals surface area contributed by atoms with Gasteiger partial charge in [0.2, 0.25) is 0 Å². The van der Waals surface area contributed by atoms with E-state index >= 15 is 0 Å². The average molecular weight is 174 g/mol. The Balaban J connectivity index is 2.55. The molecule has 0 aromatic carbocycles. The zero-order valence-electron chi connectivity index (χ0n) is 8.18. The number of nitrogens with two attached hydrogens (primary N) is 1. The van der Waals surface area contributed by atoms with Crippen molar-refractivity contribution in [2.45, 2.75) is 44.9 Å². The lowest BCUT2D eigenvalue weighted by atomic mass is 9.98. The summed E-state index contributed by atoms with van der Waals surface area (Å²) in [6.45, 7) is 7.65. The molecule has 1 heterocycles. The first kappa shape index (κ1) is 9.93. The van der Waals surface area contributed by atoms with E-state index in [1.165, 1.54) is 0 Å². The Labute approximate surface area is 73.9 Å². The van der Waals surface area contributed by atoms with Gasteiger partial charge < -0.3 is 5.73 Å². The van der Waals surface area contributed by atoms with Gasteiger partial charge in [-0.3, -0.25) is 4.90 Å². The van der Waals surface area contributed by atoms with Gasteiger partial charge in [0.1, 0.15) is 6.17 Å². The number of hydrogen-bond acceptors (Lipinski definition) is 2. The molecule has 1 aliphatic heterocycles. The van der Waals surface area contributed by atoms with Gasteiger partial charge in [-0.1, -0.05) is 0 Å². The monoisotopic (exact) mass is 174 g/mol.